The van der Waals surface area contributed by atoms with Crippen LogP contribution in [0.4, 0.5) is 0 Å². The van der Waals surface area contributed by atoms with Crippen LogP contribution >= 0.6 is 15.9 Å². The van der Waals surface area contributed by atoms with E-state index in [1.54, 1.807) is 22.9 Å². The molecule has 0 fully saturated rings. The van der Waals surface area contributed by atoms with Crippen molar-refractivity contribution in [1.29, 1.82) is 0 Å². The molecule has 2 N–H and O–H groups in total. The SMILES string of the molecule is Cc1c(-c2cccc3c(CCCOc4cccc5ccccc45)c(C(=O)O)[nH]c23)c(COc2ccc(Br)c(C=O)c2)nn1C. The molecule has 8 nitrogen and oxygen atoms in total. The van der Waals surface area contributed by atoms with Gasteiger partial charge in [-0.3, -0.25) is 9.48 Å². The lowest BCUT2D eigenvalue weighted by atomic mass is 9.98. The molecule has 2 aromatic heterocycles. The monoisotopic (exact) mass is 651 g/mol. The van der Waals surface area contributed by atoms with Crippen LogP contribution in [0.2, 0.25) is 0 Å². The number of ether oxygens (including phenoxy) is 2. The van der Waals surface area contributed by atoms with Crippen LogP contribution < -0.4 is 9.47 Å². The minimum Gasteiger partial charge on any atom is -0.493 e. The van der Waals surface area contributed by atoms with E-state index in [9.17, 15) is 14.7 Å². The maximum atomic E-state index is 12.4. The topological polar surface area (TPSA) is 106 Å². The Hall–Kier alpha value is -4.89. The van der Waals surface area contributed by atoms with Crippen LogP contribution in [0.25, 0.3) is 32.8 Å². The fraction of sp³-hybridized carbons (Fsp3) is 0.171. The molecule has 0 spiro atoms. The lowest BCUT2D eigenvalue weighted by Crippen LogP contribution is -2.04. The predicted molar refractivity (Wildman–Crippen MR) is 174 cm³/mol. The van der Waals surface area contributed by atoms with Crippen molar-refractivity contribution in [3.63, 3.8) is 0 Å². The second kappa shape index (κ2) is 12.4. The number of fused-ring (bicyclic) bond motifs is 2. The number of carbonyl (C=O) groups excluding carboxylic acids is 1. The molecule has 222 valence electrons. The van der Waals surface area contributed by atoms with Crippen LogP contribution in [0.1, 0.15) is 44.2 Å². The third kappa shape index (κ3) is 5.58. The summed E-state index contributed by atoms with van der Waals surface area (Å²) in [5.74, 6) is 0.351. The number of hydrogen-bond acceptors (Lipinski definition) is 5. The lowest BCUT2D eigenvalue weighted by molar-refractivity contribution is 0.0690. The minimum absolute atomic E-state index is 0.165. The largest absolute Gasteiger partial charge is 0.493 e. The maximum absolute atomic E-state index is 12.4. The summed E-state index contributed by atoms with van der Waals surface area (Å²) < 4.78 is 14.7. The van der Waals surface area contributed by atoms with E-state index in [-0.39, 0.29) is 12.3 Å². The van der Waals surface area contributed by atoms with Gasteiger partial charge in [0.2, 0.25) is 0 Å². The smallest absolute Gasteiger partial charge is 0.352 e. The highest BCUT2D eigenvalue weighted by Crippen LogP contribution is 2.36. The summed E-state index contributed by atoms with van der Waals surface area (Å²) in [6.07, 6.45) is 1.94. The maximum Gasteiger partial charge on any atom is 0.352 e. The summed E-state index contributed by atoms with van der Waals surface area (Å²) in [6.45, 7) is 2.59. The molecule has 0 unspecified atom stereocenters. The first-order chi connectivity index (χ1) is 21.4. The number of para-hydroxylation sites is 1. The van der Waals surface area contributed by atoms with E-state index in [0.29, 0.717) is 40.9 Å². The minimum atomic E-state index is -1.01. The summed E-state index contributed by atoms with van der Waals surface area (Å²) in [7, 11) is 1.87. The predicted octanol–water partition coefficient (Wildman–Crippen LogP) is 7.89. The van der Waals surface area contributed by atoms with Gasteiger partial charge >= 0.3 is 5.97 Å². The van der Waals surface area contributed by atoms with Crippen molar-refractivity contribution in [3.05, 3.63) is 112 Å². The summed E-state index contributed by atoms with van der Waals surface area (Å²) in [5.41, 5.74) is 5.47. The zero-order valence-electron chi connectivity index (χ0n) is 24.3. The van der Waals surface area contributed by atoms with Gasteiger partial charge in [-0.15, -0.1) is 0 Å². The molecular weight excluding hydrogens is 622 g/mol. The van der Waals surface area contributed by atoms with Gasteiger partial charge in [0.1, 0.15) is 29.5 Å². The van der Waals surface area contributed by atoms with Gasteiger partial charge in [-0.1, -0.05) is 70.5 Å². The fourth-order valence-electron chi connectivity index (χ4n) is 5.66. The zero-order valence-corrected chi connectivity index (χ0v) is 25.8. The molecule has 9 heteroatoms. The summed E-state index contributed by atoms with van der Waals surface area (Å²) in [4.78, 5) is 27.0. The molecule has 0 saturated carbocycles. The molecule has 0 radical (unpaired) electrons. The Morgan fingerprint density at radius 3 is 2.61 bits per heavy atom. The fourth-order valence-corrected chi connectivity index (χ4v) is 6.00. The van der Waals surface area contributed by atoms with E-state index in [1.165, 1.54) is 0 Å². The van der Waals surface area contributed by atoms with Crippen molar-refractivity contribution in [3.8, 4) is 22.6 Å². The molecule has 0 aliphatic carbocycles. The Morgan fingerprint density at radius 1 is 1.02 bits per heavy atom. The first-order valence-electron chi connectivity index (χ1n) is 14.2. The number of aryl methyl sites for hydroxylation is 2. The number of nitrogens with zero attached hydrogens (tertiary/aromatic N) is 2. The Balaban J connectivity index is 1.28. The average Bonchev–Trinajstić information content (AvgIpc) is 3.55. The zero-order chi connectivity index (χ0) is 30.8. The average molecular weight is 653 g/mol. The Kier molecular flexibility index (Phi) is 8.21. The molecule has 0 atom stereocenters. The van der Waals surface area contributed by atoms with Gasteiger partial charge in [0.15, 0.2) is 6.29 Å². The number of aldehydes is 1. The van der Waals surface area contributed by atoms with Crippen LogP contribution in [0.3, 0.4) is 0 Å². The number of nitrogens with one attached hydrogen (secondary N) is 1. The number of H-pyrrole nitrogens is 1. The first-order valence-corrected chi connectivity index (χ1v) is 15.0. The first kappa shape index (κ1) is 29.2. The van der Waals surface area contributed by atoms with Crippen LogP contribution in [0.15, 0.2) is 83.3 Å². The second-order valence-corrected chi connectivity index (χ2v) is 11.4. The van der Waals surface area contributed by atoms with Crippen molar-refractivity contribution in [2.24, 2.45) is 7.05 Å². The summed E-state index contributed by atoms with van der Waals surface area (Å²) in [5, 5.41) is 17.9. The van der Waals surface area contributed by atoms with Crippen molar-refractivity contribution < 1.29 is 24.2 Å². The highest BCUT2D eigenvalue weighted by molar-refractivity contribution is 9.10. The summed E-state index contributed by atoms with van der Waals surface area (Å²) >= 11 is 3.37. The quantitative estimate of drug-likeness (QED) is 0.109. The number of rotatable bonds is 11. The number of carbonyl (C=O) groups is 2. The number of benzene rings is 4. The Morgan fingerprint density at radius 2 is 1.80 bits per heavy atom. The van der Waals surface area contributed by atoms with Gasteiger partial charge in [-0.05, 0) is 55.0 Å². The van der Waals surface area contributed by atoms with Crippen molar-refractivity contribution in [2.45, 2.75) is 26.4 Å². The summed E-state index contributed by atoms with van der Waals surface area (Å²) in [6, 6.07) is 25.2. The van der Waals surface area contributed by atoms with Crippen LogP contribution in [0, 0.1) is 6.92 Å². The Labute approximate surface area is 262 Å². The van der Waals surface area contributed by atoms with Gasteiger partial charge < -0.3 is 19.6 Å². The highest BCUT2D eigenvalue weighted by Gasteiger charge is 2.23. The lowest BCUT2D eigenvalue weighted by Gasteiger charge is -2.10. The molecule has 4 aromatic carbocycles. The molecule has 6 rings (SSSR count). The third-order valence-corrected chi connectivity index (χ3v) is 8.60. The van der Waals surface area contributed by atoms with Gasteiger partial charge in [0.25, 0.3) is 0 Å². The number of hydrogen-bond donors (Lipinski definition) is 2. The molecular formula is C35H30BrN3O5. The number of aromatic carboxylic acids is 1. The van der Waals surface area contributed by atoms with Crippen molar-refractivity contribution in [1.82, 2.24) is 14.8 Å². The van der Waals surface area contributed by atoms with Gasteiger partial charge in [0, 0.05) is 44.7 Å². The highest BCUT2D eigenvalue weighted by atomic mass is 79.9. The molecule has 0 aliphatic heterocycles. The molecule has 0 aliphatic rings. The Bertz CT molecular complexity index is 2020. The van der Waals surface area contributed by atoms with E-state index < -0.39 is 5.97 Å². The van der Waals surface area contributed by atoms with E-state index in [1.807, 2.05) is 62.5 Å². The normalized spacial score (nSPS) is 11.2. The number of aromatic amines is 1. The molecule has 44 heavy (non-hydrogen) atoms. The van der Waals surface area contributed by atoms with Gasteiger partial charge in [0.05, 0.1) is 12.1 Å². The van der Waals surface area contributed by atoms with Crippen LogP contribution in [0.5, 0.6) is 11.5 Å². The molecule has 2 heterocycles. The molecule has 6 aromatic rings. The van der Waals surface area contributed by atoms with Crippen LogP contribution in [-0.2, 0) is 20.1 Å². The van der Waals surface area contributed by atoms with Crippen LogP contribution in [-0.4, -0.2) is 38.7 Å². The van der Waals surface area contributed by atoms with E-state index >= 15 is 0 Å². The molecule has 0 amide bonds. The van der Waals surface area contributed by atoms with E-state index in [4.69, 9.17) is 14.6 Å². The van der Waals surface area contributed by atoms with E-state index in [0.717, 1.165) is 56.1 Å². The number of halogens is 1. The van der Waals surface area contributed by atoms with Gasteiger partial charge in [-0.2, -0.15) is 5.10 Å². The third-order valence-electron chi connectivity index (χ3n) is 7.88. The molecule has 0 bridgehead atoms. The molecule has 0 saturated heterocycles. The number of carboxylic acids is 1. The second-order valence-electron chi connectivity index (χ2n) is 10.6. The van der Waals surface area contributed by atoms with Crippen molar-refractivity contribution >= 4 is 49.9 Å². The van der Waals surface area contributed by atoms with Crippen molar-refractivity contribution in [2.75, 3.05) is 6.61 Å². The van der Waals surface area contributed by atoms with Gasteiger partial charge in [-0.25, -0.2) is 4.79 Å². The number of carboxylic acid groups (broad SMARTS) is 1. The van der Waals surface area contributed by atoms with E-state index in [2.05, 4.69) is 33.0 Å². The number of aromatic nitrogens is 3. The standard InChI is InChI=1S/C35H30BrN3O5/c1-21-32(30(38-39(21)2)20-44-24-15-16-29(36)23(18-24)19-40)28-12-6-11-26-27(34(35(41)42)37-33(26)28)13-7-17-43-31-14-5-9-22-8-3-4-10-25(22)31/h3-6,8-12,14-16,18-19,37H,7,13,17,20H2,1-2H3,(H,41,42).